The van der Waals surface area contributed by atoms with Crippen molar-refractivity contribution in [3.05, 3.63) is 94.7 Å². The number of sulfonamides is 1. The Labute approximate surface area is 239 Å². The molecule has 0 bridgehead atoms. The van der Waals surface area contributed by atoms with Crippen molar-refractivity contribution in [2.45, 2.75) is 44.9 Å². The quantitative estimate of drug-likeness (QED) is 0.214. The molecule has 1 heterocycles. The van der Waals surface area contributed by atoms with E-state index in [9.17, 15) is 27.1 Å². The van der Waals surface area contributed by atoms with E-state index in [-0.39, 0.29) is 49.5 Å². The smallest absolute Gasteiger partial charge is 0.253 e. The molecule has 0 fully saturated rings. The highest BCUT2D eigenvalue weighted by atomic mass is 32.2. The van der Waals surface area contributed by atoms with Crippen LogP contribution in [0.25, 0.3) is 0 Å². The Morgan fingerprint density at radius 2 is 1.76 bits per heavy atom. The lowest BCUT2D eigenvalue weighted by Gasteiger charge is -2.25. The summed E-state index contributed by atoms with van der Waals surface area (Å²) in [6.45, 7) is 2.43. The summed E-state index contributed by atoms with van der Waals surface area (Å²) in [7, 11) is -3.67. The number of rotatable bonds is 15. The summed E-state index contributed by atoms with van der Waals surface area (Å²) < 4.78 is 53.0. The molecule has 2 unspecified atom stereocenters. The third-order valence-corrected chi connectivity index (χ3v) is 7.60. The fourth-order valence-electron chi connectivity index (χ4n) is 4.32. The summed E-state index contributed by atoms with van der Waals surface area (Å²) in [5.41, 5.74) is 2.55. The minimum absolute atomic E-state index is 0.0159. The van der Waals surface area contributed by atoms with Gasteiger partial charge in [0.2, 0.25) is 10.0 Å². The monoisotopic (exact) mass is 590 g/mol. The van der Waals surface area contributed by atoms with Crippen LogP contribution in [0.5, 0.6) is 0 Å². The van der Waals surface area contributed by atoms with Gasteiger partial charge in [-0.05, 0) is 60.2 Å². The maximum atomic E-state index is 13.9. The van der Waals surface area contributed by atoms with Gasteiger partial charge in [-0.3, -0.25) is 9.10 Å². The van der Waals surface area contributed by atoms with Crippen LogP contribution < -0.4 is 14.9 Å². The van der Waals surface area contributed by atoms with Crippen LogP contribution in [-0.2, 0) is 29.4 Å². The van der Waals surface area contributed by atoms with E-state index in [2.05, 4.69) is 28.6 Å². The van der Waals surface area contributed by atoms with Crippen molar-refractivity contribution in [2.75, 3.05) is 30.3 Å². The van der Waals surface area contributed by atoms with Gasteiger partial charge in [0, 0.05) is 38.5 Å². The second kappa shape index (κ2) is 15.0. The predicted octanol–water partition coefficient (Wildman–Crippen LogP) is 2.56. The van der Waals surface area contributed by atoms with Crippen molar-refractivity contribution in [3.8, 4) is 0 Å². The Bertz CT molecular complexity index is 1390. The zero-order chi connectivity index (χ0) is 30.0. The van der Waals surface area contributed by atoms with Gasteiger partial charge in [0.05, 0.1) is 24.0 Å². The number of benzene rings is 2. The number of halogens is 2. The molecule has 0 aliphatic rings. The Kier molecular flexibility index (Phi) is 11.7. The van der Waals surface area contributed by atoms with Crippen LogP contribution >= 0.6 is 0 Å². The zero-order valence-electron chi connectivity index (χ0n) is 23.1. The number of aliphatic hydroxyl groups is 2. The van der Waals surface area contributed by atoms with Crippen molar-refractivity contribution in [1.29, 1.82) is 0 Å². The molecule has 0 saturated carbocycles. The molecular formula is C29H36F2N4O5S. The number of aliphatic hydroxyl groups excluding tert-OH is 2. The molecule has 222 valence electrons. The van der Waals surface area contributed by atoms with Gasteiger partial charge in [-0.2, -0.15) is 0 Å². The second-order valence-corrected chi connectivity index (χ2v) is 11.7. The number of nitrogens with zero attached hydrogens (tertiary/aromatic N) is 2. The minimum Gasteiger partial charge on any atom is -0.396 e. The van der Waals surface area contributed by atoms with Gasteiger partial charge in [-0.25, -0.2) is 22.2 Å². The van der Waals surface area contributed by atoms with Gasteiger partial charge in [0.1, 0.15) is 17.5 Å². The van der Waals surface area contributed by atoms with Crippen LogP contribution in [0.2, 0.25) is 0 Å². The number of aromatic nitrogens is 1. The van der Waals surface area contributed by atoms with Crippen LogP contribution in [0.1, 0.15) is 40.4 Å². The SMILES string of the molecule is CCc1cccc(CNCC(O)C(Cc2cc(F)cc(F)c2)NC(=O)c2ccc(N(CCCO)S(C)(=O)=O)nc2)c1. The maximum absolute atomic E-state index is 13.9. The molecule has 0 saturated heterocycles. The molecule has 2 aromatic carbocycles. The van der Waals surface area contributed by atoms with Gasteiger partial charge in [-0.1, -0.05) is 31.2 Å². The van der Waals surface area contributed by atoms with Gasteiger partial charge in [0.15, 0.2) is 0 Å². The fraction of sp³-hybridized carbons (Fsp3) is 0.379. The third-order valence-electron chi connectivity index (χ3n) is 6.43. The molecular weight excluding hydrogens is 554 g/mol. The summed E-state index contributed by atoms with van der Waals surface area (Å²) in [6, 6.07) is 12.8. The third kappa shape index (κ3) is 9.85. The number of carbonyl (C=O) groups is 1. The van der Waals surface area contributed by atoms with Gasteiger partial charge in [-0.15, -0.1) is 0 Å². The molecule has 12 heteroatoms. The molecule has 0 aliphatic heterocycles. The van der Waals surface area contributed by atoms with E-state index in [4.69, 9.17) is 5.11 Å². The van der Waals surface area contributed by atoms with Crippen molar-refractivity contribution in [3.63, 3.8) is 0 Å². The van der Waals surface area contributed by atoms with E-state index >= 15 is 0 Å². The molecule has 0 aliphatic carbocycles. The van der Waals surface area contributed by atoms with E-state index in [1.54, 1.807) is 0 Å². The minimum atomic E-state index is -3.67. The predicted molar refractivity (Wildman–Crippen MR) is 153 cm³/mol. The van der Waals surface area contributed by atoms with E-state index in [0.29, 0.717) is 6.54 Å². The summed E-state index contributed by atoms with van der Waals surface area (Å²) in [4.78, 5) is 17.2. The number of nitrogens with one attached hydrogen (secondary N) is 2. The summed E-state index contributed by atoms with van der Waals surface area (Å²) in [5, 5.41) is 26.0. The fourth-order valence-corrected chi connectivity index (χ4v) is 5.22. The summed E-state index contributed by atoms with van der Waals surface area (Å²) in [5.74, 6) is -2.07. The van der Waals surface area contributed by atoms with Gasteiger partial charge < -0.3 is 20.8 Å². The summed E-state index contributed by atoms with van der Waals surface area (Å²) >= 11 is 0. The molecule has 1 amide bonds. The molecule has 0 spiro atoms. The van der Waals surface area contributed by atoms with Crippen molar-refractivity contribution in [2.24, 2.45) is 0 Å². The Morgan fingerprint density at radius 1 is 1.05 bits per heavy atom. The van der Waals surface area contributed by atoms with Crippen molar-refractivity contribution in [1.82, 2.24) is 15.6 Å². The van der Waals surface area contributed by atoms with Crippen LogP contribution in [-0.4, -0.2) is 67.6 Å². The molecule has 1 aromatic heterocycles. The van der Waals surface area contributed by atoms with Crippen LogP contribution in [0, 0.1) is 11.6 Å². The van der Waals surface area contributed by atoms with Gasteiger partial charge >= 0.3 is 0 Å². The average Bonchev–Trinajstić information content (AvgIpc) is 2.92. The first-order valence-electron chi connectivity index (χ1n) is 13.3. The highest BCUT2D eigenvalue weighted by Gasteiger charge is 2.24. The molecule has 0 radical (unpaired) electrons. The van der Waals surface area contributed by atoms with Gasteiger partial charge in [0.25, 0.3) is 5.91 Å². The number of aryl methyl sites for hydroxylation is 1. The lowest BCUT2D eigenvalue weighted by molar-refractivity contribution is 0.0829. The normalized spacial score (nSPS) is 13.0. The molecule has 3 rings (SSSR count). The highest BCUT2D eigenvalue weighted by molar-refractivity contribution is 7.92. The highest BCUT2D eigenvalue weighted by Crippen LogP contribution is 2.17. The number of amides is 1. The van der Waals surface area contributed by atoms with Crippen LogP contribution in [0.3, 0.4) is 0 Å². The number of hydrogen-bond donors (Lipinski definition) is 4. The topological polar surface area (TPSA) is 132 Å². The first kappa shape index (κ1) is 32.1. The lowest BCUT2D eigenvalue weighted by atomic mass is 10.00. The van der Waals surface area contributed by atoms with E-state index in [1.807, 2.05) is 18.2 Å². The first-order chi connectivity index (χ1) is 19.5. The molecule has 4 N–H and O–H groups in total. The molecule has 2 atom stereocenters. The average molecular weight is 591 g/mol. The molecule has 41 heavy (non-hydrogen) atoms. The number of pyridine rings is 1. The number of hydrogen-bond acceptors (Lipinski definition) is 7. The molecule has 3 aromatic rings. The second-order valence-electron chi connectivity index (χ2n) is 9.75. The Morgan fingerprint density at radius 3 is 2.37 bits per heavy atom. The number of carbonyl (C=O) groups excluding carboxylic acids is 1. The standard InChI is InChI=1S/C29H36F2N4O5S/c1-3-20-6-4-7-21(12-20)17-32-19-27(37)26(15-22-13-24(30)16-25(31)14-22)34-29(38)23-8-9-28(33-18-23)35(10-5-11-36)41(2,39)40/h4,6-9,12-14,16,18,26-27,32,36-37H,3,5,10-11,15,17,19H2,1-2H3,(H,34,38). The maximum Gasteiger partial charge on any atom is 0.253 e. The largest absolute Gasteiger partial charge is 0.396 e. The Balaban J connectivity index is 1.75. The zero-order valence-corrected chi connectivity index (χ0v) is 23.9. The van der Waals surface area contributed by atoms with E-state index in [1.165, 1.54) is 23.9 Å². The molecule has 9 nitrogen and oxygen atoms in total. The van der Waals surface area contributed by atoms with E-state index < -0.39 is 39.7 Å². The van der Waals surface area contributed by atoms with Crippen molar-refractivity contribution < 1.29 is 32.2 Å². The van der Waals surface area contributed by atoms with Crippen LogP contribution in [0.4, 0.5) is 14.6 Å². The Hall–Kier alpha value is -3.45. The van der Waals surface area contributed by atoms with E-state index in [0.717, 1.165) is 40.7 Å². The first-order valence-corrected chi connectivity index (χ1v) is 15.1. The van der Waals surface area contributed by atoms with Crippen molar-refractivity contribution >= 4 is 21.7 Å². The lowest BCUT2D eigenvalue weighted by Crippen LogP contribution is -2.48. The van der Waals surface area contributed by atoms with Crippen LogP contribution in [0.15, 0.2) is 60.8 Å². The summed E-state index contributed by atoms with van der Waals surface area (Å²) in [6.07, 6.45) is 2.14. The number of anilines is 1.